The van der Waals surface area contributed by atoms with Crippen molar-refractivity contribution in [2.45, 2.75) is 0 Å². The van der Waals surface area contributed by atoms with Crippen LogP contribution in [0.4, 0.5) is 0 Å². The van der Waals surface area contributed by atoms with Crippen LogP contribution in [0.15, 0.2) is 22.8 Å². The minimum atomic E-state index is -2.17. The first kappa shape index (κ1) is 8.36. The fourth-order valence-electron chi connectivity index (χ4n) is 0.440. The van der Waals surface area contributed by atoms with E-state index in [1.165, 1.54) is 0 Å². The molecular weight excluding hydrogens is 376 g/mol. The molecule has 0 aliphatic rings. The first-order chi connectivity index (χ1) is 4.11. The molecule has 0 fully saturated rings. The standard InChI is InChI=1S/C4H3Br3GeO/c5-8(6,7)4-2-1-3-9-4/h1-3H. The van der Waals surface area contributed by atoms with Crippen LogP contribution in [0, 0.1) is 0 Å². The van der Waals surface area contributed by atoms with E-state index in [4.69, 9.17) is 4.42 Å². The van der Waals surface area contributed by atoms with Gasteiger partial charge in [0.15, 0.2) is 0 Å². The Morgan fingerprint density at radius 3 is 2.22 bits per heavy atom. The maximum atomic E-state index is 5.14. The zero-order valence-electron chi connectivity index (χ0n) is 4.27. The van der Waals surface area contributed by atoms with Gasteiger partial charge in [0.05, 0.1) is 0 Å². The van der Waals surface area contributed by atoms with Crippen LogP contribution in [0.5, 0.6) is 0 Å². The van der Waals surface area contributed by atoms with Gasteiger partial charge in [0, 0.05) is 0 Å². The van der Waals surface area contributed by atoms with Crippen molar-refractivity contribution in [3.05, 3.63) is 18.4 Å². The van der Waals surface area contributed by atoms with Crippen LogP contribution in [0.1, 0.15) is 0 Å². The van der Waals surface area contributed by atoms with Gasteiger partial charge in [-0.2, -0.15) is 0 Å². The Bertz CT molecular complexity index is 178. The Kier molecular flexibility index (Phi) is 2.89. The fraction of sp³-hybridized carbons (Fsp3) is 0. The van der Waals surface area contributed by atoms with Gasteiger partial charge in [-0.05, 0) is 0 Å². The van der Waals surface area contributed by atoms with Crippen molar-refractivity contribution in [3.63, 3.8) is 0 Å². The molecule has 1 aromatic rings. The Morgan fingerprint density at radius 1 is 1.33 bits per heavy atom. The van der Waals surface area contributed by atoms with Crippen molar-refractivity contribution in [1.29, 1.82) is 0 Å². The minimum absolute atomic E-state index is 0.981. The fourth-order valence-corrected chi connectivity index (χ4v) is 4.98. The monoisotopic (exact) mass is 378 g/mol. The molecule has 1 rings (SSSR count). The first-order valence-corrected chi connectivity index (χ1v) is 18.0. The molecule has 0 radical (unpaired) electrons. The summed E-state index contributed by atoms with van der Waals surface area (Å²) in [5.74, 6) is 0. The van der Waals surface area contributed by atoms with Gasteiger partial charge in [0.2, 0.25) is 0 Å². The molecule has 0 saturated carbocycles. The van der Waals surface area contributed by atoms with Crippen LogP contribution in [0.3, 0.4) is 0 Å². The summed E-state index contributed by atoms with van der Waals surface area (Å²) < 4.78 is 6.12. The molecule has 0 aliphatic heterocycles. The van der Waals surface area contributed by atoms with E-state index in [-0.39, 0.29) is 0 Å². The Morgan fingerprint density at radius 2 is 2.00 bits per heavy atom. The molecule has 0 unspecified atom stereocenters. The molecule has 0 aromatic carbocycles. The molecule has 0 aliphatic carbocycles. The van der Waals surface area contributed by atoms with E-state index in [1.54, 1.807) is 6.26 Å². The Labute approximate surface area is 76.4 Å². The van der Waals surface area contributed by atoms with Gasteiger partial charge in [-0.1, -0.05) is 0 Å². The van der Waals surface area contributed by atoms with Crippen LogP contribution in [0.2, 0.25) is 0 Å². The third-order valence-corrected chi connectivity index (χ3v) is 8.66. The number of hydrogen-bond acceptors (Lipinski definition) is 1. The predicted octanol–water partition coefficient (Wildman–Crippen LogP) is 2.61. The first-order valence-electron chi connectivity index (χ1n) is 2.21. The zero-order valence-corrected chi connectivity index (χ0v) is 11.1. The second kappa shape index (κ2) is 3.11. The van der Waals surface area contributed by atoms with E-state index < -0.39 is 7.74 Å². The van der Waals surface area contributed by atoms with E-state index in [9.17, 15) is 0 Å². The summed E-state index contributed by atoms with van der Waals surface area (Å²) >= 11 is 10.5. The molecule has 9 heavy (non-hydrogen) atoms. The average Bonchev–Trinajstić information content (AvgIpc) is 2.08. The second-order valence-corrected chi connectivity index (χ2v) is 39.7. The maximum absolute atomic E-state index is 5.14. The van der Waals surface area contributed by atoms with E-state index in [0.29, 0.717) is 0 Å². The quantitative estimate of drug-likeness (QED) is 0.684. The van der Waals surface area contributed by atoms with E-state index in [0.717, 1.165) is 4.59 Å². The second-order valence-electron chi connectivity index (χ2n) is 1.48. The molecule has 0 bridgehead atoms. The molecule has 0 N–H and O–H groups in total. The molecule has 0 saturated heterocycles. The molecule has 0 atom stereocenters. The van der Waals surface area contributed by atoms with Gasteiger partial charge in [0.1, 0.15) is 0 Å². The average molecular weight is 379 g/mol. The summed E-state index contributed by atoms with van der Waals surface area (Å²) in [5, 5.41) is 0. The molecule has 50 valence electrons. The number of furan rings is 1. The van der Waals surface area contributed by atoms with E-state index >= 15 is 0 Å². The van der Waals surface area contributed by atoms with Crippen LogP contribution in [0.25, 0.3) is 0 Å². The normalized spacial score (nSPS) is 11.9. The van der Waals surface area contributed by atoms with E-state index in [1.807, 2.05) is 12.1 Å². The van der Waals surface area contributed by atoms with Crippen LogP contribution in [-0.4, -0.2) is 7.74 Å². The predicted molar refractivity (Wildman–Crippen MR) is 50.9 cm³/mol. The van der Waals surface area contributed by atoms with Crippen LogP contribution < -0.4 is 4.59 Å². The number of rotatable bonds is 1. The molecule has 0 amide bonds. The molecule has 1 heterocycles. The third kappa shape index (κ3) is 2.40. The number of hydrogen-bond donors (Lipinski definition) is 0. The Balaban J connectivity index is 2.90. The zero-order chi connectivity index (χ0) is 6.91. The molecule has 1 nitrogen and oxygen atoms in total. The van der Waals surface area contributed by atoms with Gasteiger partial charge >= 0.3 is 77.2 Å². The van der Waals surface area contributed by atoms with Crippen molar-refractivity contribution in [2.75, 3.05) is 0 Å². The molecule has 0 spiro atoms. The Hall–Kier alpha value is 1.26. The topological polar surface area (TPSA) is 13.1 Å². The van der Waals surface area contributed by atoms with Gasteiger partial charge in [-0.25, -0.2) is 0 Å². The molecule has 5 heteroatoms. The summed E-state index contributed by atoms with van der Waals surface area (Å²) in [6.45, 7) is 0. The van der Waals surface area contributed by atoms with Crippen LogP contribution >= 0.6 is 42.0 Å². The van der Waals surface area contributed by atoms with Crippen LogP contribution in [-0.2, 0) is 0 Å². The van der Waals surface area contributed by atoms with Gasteiger partial charge in [0.25, 0.3) is 0 Å². The van der Waals surface area contributed by atoms with Crippen molar-refractivity contribution < 1.29 is 4.42 Å². The summed E-state index contributed by atoms with van der Waals surface area (Å²) in [7, 11) is -2.17. The van der Waals surface area contributed by atoms with Crippen molar-refractivity contribution in [3.8, 4) is 0 Å². The molecule has 1 aromatic heterocycles. The third-order valence-electron chi connectivity index (χ3n) is 0.801. The van der Waals surface area contributed by atoms with Gasteiger partial charge in [-0.3, -0.25) is 0 Å². The van der Waals surface area contributed by atoms with Gasteiger partial charge in [-0.15, -0.1) is 0 Å². The summed E-state index contributed by atoms with van der Waals surface area (Å²) in [5.41, 5.74) is 0. The summed E-state index contributed by atoms with van der Waals surface area (Å²) in [6, 6.07) is 3.82. The summed E-state index contributed by atoms with van der Waals surface area (Å²) in [6.07, 6.45) is 1.67. The van der Waals surface area contributed by atoms with Crippen molar-refractivity contribution in [2.24, 2.45) is 0 Å². The SMILES string of the molecule is [Br][Ge]([Br])([Br])[c]1ccco1. The van der Waals surface area contributed by atoms with E-state index in [2.05, 4.69) is 42.0 Å². The van der Waals surface area contributed by atoms with Gasteiger partial charge < -0.3 is 0 Å². The number of halogens is 3. The van der Waals surface area contributed by atoms with Crippen molar-refractivity contribution in [1.82, 2.24) is 0 Å². The van der Waals surface area contributed by atoms with Crippen molar-refractivity contribution >= 4 is 54.3 Å². The molecular formula is C4H3Br3GeO. The summed E-state index contributed by atoms with van der Waals surface area (Å²) in [4.78, 5) is 0.